The van der Waals surface area contributed by atoms with Crippen LogP contribution in [0.25, 0.3) is 0 Å². The van der Waals surface area contributed by atoms with Crippen LogP contribution in [0.4, 0.5) is 0 Å². The van der Waals surface area contributed by atoms with Crippen molar-refractivity contribution in [1.82, 2.24) is 0 Å². The maximum Gasteiger partial charge on any atom is 0.129 e. The van der Waals surface area contributed by atoms with E-state index in [0.717, 1.165) is 42.4 Å². The molecule has 0 aliphatic heterocycles. The van der Waals surface area contributed by atoms with E-state index in [0.29, 0.717) is 11.2 Å². The van der Waals surface area contributed by atoms with Crippen LogP contribution in [0.3, 0.4) is 0 Å². The van der Waals surface area contributed by atoms with Gasteiger partial charge >= 0.3 is 0 Å². The average molecular weight is 218 g/mol. The number of hydrogen-bond donors (Lipinski definition) is 0. The van der Waals surface area contributed by atoms with E-state index in [1.54, 1.807) is 6.92 Å². The van der Waals surface area contributed by atoms with Crippen molar-refractivity contribution in [2.24, 2.45) is 35.0 Å². The topological polar surface area (TPSA) is 17.1 Å². The van der Waals surface area contributed by atoms with E-state index in [4.69, 9.17) is 0 Å². The third kappa shape index (κ3) is 1.26. The van der Waals surface area contributed by atoms with Crippen molar-refractivity contribution < 1.29 is 4.79 Å². The van der Waals surface area contributed by atoms with Gasteiger partial charge in [0.15, 0.2) is 0 Å². The maximum absolute atomic E-state index is 11.2. The first-order valence-corrected chi connectivity index (χ1v) is 6.62. The van der Waals surface area contributed by atoms with E-state index < -0.39 is 0 Å². The van der Waals surface area contributed by atoms with Gasteiger partial charge in [0, 0.05) is 6.42 Å². The van der Waals surface area contributed by atoms with E-state index in [-0.39, 0.29) is 0 Å². The number of allylic oxidation sites excluding steroid dienone is 1. The molecule has 1 nitrogen and oxygen atoms in total. The second kappa shape index (κ2) is 3.00. The van der Waals surface area contributed by atoms with Gasteiger partial charge in [0.05, 0.1) is 0 Å². The van der Waals surface area contributed by atoms with Gasteiger partial charge in [0.25, 0.3) is 0 Å². The Morgan fingerprint density at radius 1 is 1.44 bits per heavy atom. The molecule has 0 bridgehead atoms. The van der Waals surface area contributed by atoms with Crippen molar-refractivity contribution in [3.63, 3.8) is 0 Å². The molecule has 0 amide bonds. The van der Waals surface area contributed by atoms with Gasteiger partial charge in [-0.05, 0) is 54.8 Å². The zero-order chi connectivity index (χ0) is 11.7. The Labute approximate surface area is 98.3 Å². The standard InChI is InChI=1S/C15H22O/c1-8(16)5-6-11-14-9(2)13(14)10-7-12(10)15(11,3)4/h10-14H,2,5-7H2,1,3-4H3. The lowest BCUT2D eigenvalue weighted by molar-refractivity contribution is -0.117. The highest BCUT2D eigenvalue weighted by molar-refractivity contribution is 5.75. The first-order valence-electron chi connectivity index (χ1n) is 6.62. The van der Waals surface area contributed by atoms with Gasteiger partial charge < -0.3 is 4.79 Å². The molecule has 0 radical (unpaired) electrons. The molecule has 0 N–H and O–H groups in total. The highest BCUT2D eigenvalue weighted by Crippen LogP contribution is 2.75. The molecule has 0 saturated heterocycles. The lowest BCUT2D eigenvalue weighted by Crippen LogP contribution is -2.33. The van der Waals surface area contributed by atoms with E-state index in [2.05, 4.69) is 20.4 Å². The fourth-order valence-corrected chi connectivity index (χ4v) is 4.53. The van der Waals surface area contributed by atoms with Crippen LogP contribution in [0, 0.1) is 35.0 Å². The van der Waals surface area contributed by atoms with Crippen LogP contribution in [0.2, 0.25) is 0 Å². The predicted octanol–water partition coefficient (Wildman–Crippen LogP) is 3.45. The highest BCUT2D eigenvalue weighted by Gasteiger charge is 2.69. The molecule has 0 aromatic carbocycles. The molecule has 1 heteroatoms. The molecule has 5 unspecified atom stereocenters. The van der Waals surface area contributed by atoms with Gasteiger partial charge in [-0.25, -0.2) is 0 Å². The van der Waals surface area contributed by atoms with Crippen molar-refractivity contribution in [3.8, 4) is 0 Å². The average Bonchev–Trinajstić information content (AvgIpc) is 3.01. The van der Waals surface area contributed by atoms with Crippen LogP contribution in [0.1, 0.15) is 40.0 Å². The molecule has 0 heterocycles. The number of ketones is 1. The van der Waals surface area contributed by atoms with Crippen molar-refractivity contribution in [3.05, 3.63) is 12.2 Å². The third-order valence-corrected chi connectivity index (χ3v) is 5.59. The van der Waals surface area contributed by atoms with Gasteiger partial charge in [-0.15, -0.1) is 0 Å². The molecular weight excluding hydrogens is 196 g/mol. The summed E-state index contributed by atoms with van der Waals surface area (Å²) in [6.45, 7) is 10.8. The minimum Gasteiger partial charge on any atom is -0.300 e. The first kappa shape index (κ1) is 10.6. The maximum atomic E-state index is 11.2. The van der Waals surface area contributed by atoms with E-state index in [1.165, 1.54) is 12.0 Å². The molecule has 3 saturated carbocycles. The lowest BCUT2D eigenvalue weighted by atomic mass is 9.66. The van der Waals surface area contributed by atoms with Gasteiger partial charge in [0.1, 0.15) is 5.78 Å². The number of fused-ring (bicyclic) bond motifs is 3. The predicted molar refractivity (Wildman–Crippen MR) is 64.9 cm³/mol. The number of Topliss-reactive ketones (excluding diaryl/α,β-unsaturated/α-hetero) is 1. The minimum atomic E-state index is 0.344. The monoisotopic (exact) mass is 218 g/mol. The zero-order valence-electron chi connectivity index (χ0n) is 10.6. The zero-order valence-corrected chi connectivity index (χ0v) is 10.6. The van der Waals surface area contributed by atoms with Crippen LogP contribution in [0.15, 0.2) is 12.2 Å². The normalized spacial score (nSPS) is 46.9. The fourth-order valence-electron chi connectivity index (χ4n) is 4.53. The van der Waals surface area contributed by atoms with E-state index >= 15 is 0 Å². The van der Waals surface area contributed by atoms with Crippen LogP contribution in [0.5, 0.6) is 0 Å². The highest BCUT2D eigenvalue weighted by atomic mass is 16.1. The third-order valence-electron chi connectivity index (χ3n) is 5.59. The van der Waals surface area contributed by atoms with Gasteiger partial charge in [-0.1, -0.05) is 26.0 Å². The summed E-state index contributed by atoms with van der Waals surface area (Å²) >= 11 is 0. The second-order valence-electron chi connectivity index (χ2n) is 6.80. The summed E-state index contributed by atoms with van der Waals surface area (Å²) in [5.41, 5.74) is 1.95. The molecule has 3 rings (SSSR count). The Morgan fingerprint density at radius 3 is 2.75 bits per heavy atom. The smallest absolute Gasteiger partial charge is 0.129 e. The molecule has 3 aliphatic carbocycles. The Hall–Kier alpha value is -0.590. The number of hydrogen-bond acceptors (Lipinski definition) is 1. The largest absolute Gasteiger partial charge is 0.300 e. The van der Waals surface area contributed by atoms with Crippen LogP contribution >= 0.6 is 0 Å². The molecule has 3 aliphatic rings. The molecule has 16 heavy (non-hydrogen) atoms. The molecule has 0 aromatic rings. The summed E-state index contributed by atoms with van der Waals surface area (Å²) in [5, 5.41) is 0. The van der Waals surface area contributed by atoms with Crippen LogP contribution in [-0.4, -0.2) is 5.78 Å². The number of rotatable bonds is 3. The minimum absolute atomic E-state index is 0.344. The Kier molecular flexibility index (Phi) is 1.98. The van der Waals surface area contributed by atoms with Crippen molar-refractivity contribution >= 4 is 5.78 Å². The summed E-state index contributed by atoms with van der Waals surface area (Å²) in [6.07, 6.45) is 3.28. The van der Waals surface area contributed by atoms with Crippen molar-refractivity contribution in [1.29, 1.82) is 0 Å². The second-order valence-corrected chi connectivity index (χ2v) is 6.80. The van der Waals surface area contributed by atoms with E-state index in [9.17, 15) is 4.79 Å². The summed E-state index contributed by atoms with van der Waals surface area (Å²) in [5.74, 6) is 4.55. The summed E-state index contributed by atoms with van der Waals surface area (Å²) in [7, 11) is 0. The molecule has 0 aromatic heterocycles. The van der Waals surface area contributed by atoms with Gasteiger partial charge in [0.2, 0.25) is 0 Å². The Bertz CT molecular complexity index is 366. The van der Waals surface area contributed by atoms with Gasteiger partial charge in [-0.2, -0.15) is 0 Å². The van der Waals surface area contributed by atoms with Crippen LogP contribution < -0.4 is 0 Å². The molecule has 0 spiro atoms. The lowest BCUT2D eigenvalue weighted by Gasteiger charge is -2.38. The molecular formula is C15H22O. The summed E-state index contributed by atoms with van der Waals surface area (Å²) in [4.78, 5) is 11.2. The number of carbonyl (C=O) groups is 1. The van der Waals surface area contributed by atoms with Crippen molar-refractivity contribution in [2.75, 3.05) is 0 Å². The Balaban J connectivity index is 1.79. The summed E-state index contributed by atoms with van der Waals surface area (Å²) in [6, 6.07) is 0. The van der Waals surface area contributed by atoms with Crippen molar-refractivity contribution in [2.45, 2.75) is 40.0 Å². The van der Waals surface area contributed by atoms with Crippen LogP contribution in [-0.2, 0) is 4.79 Å². The quantitative estimate of drug-likeness (QED) is 0.663. The fraction of sp³-hybridized carbons (Fsp3) is 0.800. The molecule has 3 fully saturated rings. The molecule has 5 atom stereocenters. The van der Waals surface area contributed by atoms with E-state index in [1.807, 2.05) is 0 Å². The van der Waals surface area contributed by atoms with Gasteiger partial charge in [-0.3, -0.25) is 0 Å². The summed E-state index contributed by atoms with van der Waals surface area (Å²) < 4.78 is 0. The Morgan fingerprint density at radius 2 is 2.12 bits per heavy atom. The first-order chi connectivity index (χ1) is 7.44. The SMILES string of the molecule is C=C1C2C3CC3C(C)(C)C(CCC(C)=O)C12. The molecule has 88 valence electrons. The number of carbonyl (C=O) groups excluding carboxylic acids is 1.